The number of hydrogen-bond donors (Lipinski definition) is 0. The van der Waals surface area contributed by atoms with E-state index in [2.05, 4.69) is 0 Å². The highest BCUT2D eigenvalue weighted by Crippen LogP contribution is 2.56. The van der Waals surface area contributed by atoms with Gasteiger partial charge in [-0.05, 0) is 98.9 Å². The molecule has 6 rings (SSSR count). The maximum Gasteiger partial charge on any atom is 0.316 e. The lowest BCUT2D eigenvalue weighted by Gasteiger charge is -2.20. The van der Waals surface area contributed by atoms with E-state index in [9.17, 15) is 19.2 Å². The van der Waals surface area contributed by atoms with Crippen molar-refractivity contribution in [1.82, 2.24) is 0 Å². The summed E-state index contributed by atoms with van der Waals surface area (Å²) in [5.41, 5.74) is 4.29. The van der Waals surface area contributed by atoms with E-state index in [-0.39, 0.29) is 42.5 Å². The van der Waals surface area contributed by atoms with E-state index in [1.165, 1.54) is 4.90 Å². The molecule has 0 N–H and O–H groups in total. The minimum atomic E-state index is -0.560. The number of ether oxygens (including phenoxy) is 1. The Labute approximate surface area is 210 Å². The fraction of sp³-hybridized carbons (Fsp3) is 0.448. The van der Waals surface area contributed by atoms with Crippen LogP contribution < -0.4 is 14.5 Å². The molecule has 2 aliphatic heterocycles. The molecule has 4 fully saturated rings. The Morgan fingerprint density at radius 2 is 1.56 bits per heavy atom. The number of amides is 3. The van der Waals surface area contributed by atoms with Crippen LogP contribution >= 0.6 is 0 Å². The van der Waals surface area contributed by atoms with Gasteiger partial charge in [-0.3, -0.25) is 19.2 Å². The zero-order valence-corrected chi connectivity index (χ0v) is 20.8. The highest BCUT2D eigenvalue weighted by molar-refractivity contribution is 6.23. The summed E-state index contributed by atoms with van der Waals surface area (Å²) in [6.45, 7) is 6.11. The van der Waals surface area contributed by atoms with Crippen molar-refractivity contribution in [1.29, 1.82) is 0 Å². The molecular weight excluding hydrogens is 456 g/mol. The van der Waals surface area contributed by atoms with E-state index in [0.29, 0.717) is 28.8 Å². The second-order valence-corrected chi connectivity index (χ2v) is 10.9. The van der Waals surface area contributed by atoms with Gasteiger partial charge in [-0.15, -0.1) is 0 Å². The number of carbonyl (C=O) groups is 4. The maximum absolute atomic E-state index is 13.2. The number of fused-ring (bicyclic) bond motifs is 5. The van der Waals surface area contributed by atoms with Gasteiger partial charge < -0.3 is 9.64 Å². The molecule has 0 aromatic heterocycles. The summed E-state index contributed by atoms with van der Waals surface area (Å²) in [6, 6.07) is 10.8. The number of carbonyl (C=O) groups excluding carboxylic acids is 4. The van der Waals surface area contributed by atoms with E-state index in [0.717, 1.165) is 36.1 Å². The molecular formula is C29H30N2O5. The molecule has 2 saturated heterocycles. The van der Waals surface area contributed by atoms with Crippen molar-refractivity contribution in [2.75, 3.05) is 16.3 Å². The number of imide groups is 1. The SMILES string of the molecule is Cc1ccc(N2C[C@H](C(=O)Oc3ccc(N4C(=O)[C@H]5[C@H]6CC[C@@H](C6)[C@@H]5C4=O)c(C)c3)CC2=O)cc1C. The van der Waals surface area contributed by atoms with Crippen LogP contribution in [0.3, 0.4) is 0 Å². The third-order valence-electron chi connectivity index (χ3n) is 8.82. The zero-order valence-electron chi connectivity index (χ0n) is 20.8. The average Bonchev–Trinajstić information content (AvgIpc) is 3.60. The number of benzene rings is 2. The van der Waals surface area contributed by atoms with Gasteiger partial charge >= 0.3 is 5.97 Å². The van der Waals surface area contributed by atoms with Gasteiger partial charge in [0.1, 0.15) is 5.75 Å². The summed E-state index contributed by atoms with van der Waals surface area (Å²) < 4.78 is 5.64. The predicted molar refractivity (Wildman–Crippen MR) is 133 cm³/mol. The molecule has 7 nitrogen and oxygen atoms in total. The fourth-order valence-electron chi connectivity index (χ4n) is 6.80. The fourth-order valence-corrected chi connectivity index (χ4v) is 6.80. The lowest BCUT2D eigenvalue weighted by atomic mass is 9.81. The Bertz CT molecular complexity index is 1290. The predicted octanol–water partition coefficient (Wildman–Crippen LogP) is 4.11. The number of esters is 1. The van der Waals surface area contributed by atoms with Gasteiger partial charge in [-0.1, -0.05) is 6.07 Å². The highest BCUT2D eigenvalue weighted by atomic mass is 16.5. The number of aryl methyl sites for hydroxylation is 3. The third-order valence-corrected chi connectivity index (χ3v) is 8.82. The van der Waals surface area contributed by atoms with Crippen LogP contribution in [0, 0.1) is 50.4 Å². The minimum Gasteiger partial charge on any atom is -0.426 e. The Hall–Kier alpha value is -3.48. The molecule has 2 heterocycles. The van der Waals surface area contributed by atoms with E-state index in [1.54, 1.807) is 23.1 Å². The Balaban J connectivity index is 1.15. The summed E-state index contributed by atoms with van der Waals surface area (Å²) in [5.74, 6) is -0.616. The second kappa shape index (κ2) is 8.29. The zero-order chi connectivity index (χ0) is 25.3. The quantitative estimate of drug-likeness (QED) is 0.369. The van der Waals surface area contributed by atoms with Gasteiger partial charge in [0.25, 0.3) is 0 Å². The maximum atomic E-state index is 13.2. The summed E-state index contributed by atoms with van der Waals surface area (Å²) in [5, 5.41) is 0. The van der Waals surface area contributed by atoms with Crippen molar-refractivity contribution in [2.45, 2.75) is 46.5 Å². The van der Waals surface area contributed by atoms with Crippen molar-refractivity contribution in [3.63, 3.8) is 0 Å². The first-order valence-corrected chi connectivity index (χ1v) is 12.8. The summed E-state index contributed by atoms with van der Waals surface area (Å²) in [6.07, 6.45) is 3.18. The van der Waals surface area contributed by atoms with Crippen LogP contribution in [0.25, 0.3) is 0 Å². The van der Waals surface area contributed by atoms with Crippen molar-refractivity contribution in [3.8, 4) is 5.75 Å². The van der Waals surface area contributed by atoms with Crippen molar-refractivity contribution in [2.24, 2.45) is 29.6 Å². The number of rotatable bonds is 4. The lowest BCUT2D eigenvalue weighted by Crippen LogP contribution is -2.33. The first-order valence-electron chi connectivity index (χ1n) is 12.8. The highest BCUT2D eigenvalue weighted by Gasteiger charge is 2.61. The number of nitrogens with zero attached hydrogens (tertiary/aromatic N) is 2. The Morgan fingerprint density at radius 3 is 2.19 bits per heavy atom. The lowest BCUT2D eigenvalue weighted by molar-refractivity contribution is -0.139. The van der Waals surface area contributed by atoms with Gasteiger partial charge in [0.2, 0.25) is 17.7 Å². The molecule has 5 atom stereocenters. The molecule has 186 valence electrons. The van der Waals surface area contributed by atoms with Crippen LogP contribution in [0.15, 0.2) is 36.4 Å². The first-order chi connectivity index (χ1) is 17.2. The first kappa shape index (κ1) is 23.0. The third kappa shape index (κ3) is 3.47. The minimum absolute atomic E-state index is 0.0825. The van der Waals surface area contributed by atoms with Gasteiger partial charge in [-0.2, -0.15) is 0 Å². The molecule has 2 aliphatic carbocycles. The monoisotopic (exact) mass is 486 g/mol. The van der Waals surface area contributed by atoms with Gasteiger partial charge in [0, 0.05) is 18.7 Å². The van der Waals surface area contributed by atoms with Crippen LogP contribution in [0.2, 0.25) is 0 Å². The van der Waals surface area contributed by atoms with Crippen molar-refractivity contribution < 1.29 is 23.9 Å². The van der Waals surface area contributed by atoms with Gasteiger partial charge in [0.15, 0.2) is 0 Å². The topological polar surface area (TPSA) is 84.0 Å². The molecule has 7 heteroatoms. The van der Waals surface area contributed by atoms with E-state index in [1.807, 2.05) is 39.0 Å². The summed E-state index contributed by atoms with van der Waals surface area (Å²) in [4.78, 5) is 54.9. The van der Waals surface area contributed by atoms with Crippen LogP contribution in [0.4, 0.5) is 11.4 Å². The number of hydrogen-bond acceptors (Lipinski definition) is 5. The normalized spacial score (nSPS) is 28.9. The van der Waals surface area contributed by atoms with Crippen LogP contribution in [0.5, 0.6) is 5.75 Å². The molecule has 0 spiro atoms. The molecule has 36 heavy (non-hydrogen) atoms. The van der Waals surface area contributed by atoms with Crippen molar-refractivity contribution in [3.05, 3.63) is 53.1 Å². The molecule has 3 amide bonds. The Kier molecular flexibility index (Phi) is 5.28. The van der Waals surface area contributed by atoms with E-state index >= 15 is 0 Å². The molecule has 2 aromatic carbocycles. The average molecular weight is 487 g/mol. The molecule has 2 bridgehead atoms. The Morgan fingerprint density at radius 1 is 0.861 bits per heavy atom. The van der Waals surface area contributed by atoms with Crippen LogP contribution in [0.1, 0.15) is 42.4 Å². The van der Waals surface area contributed by atoms with Crippen LogP contribution in [-0.2, 0) is 19.2 Å². The van der Waals surface area contributed by atoms with Gasteiger partial charge in [-0.25, -0.2) is 4.90 Å². The largest absolute Gasteiger partial charge is 0.426 e. The standard InChI is InChI=1S/C29H30N2O5/c1-15-4-7-21(10-16(15)2)30-14-20(13-24(30)32)29(35)36-22-8-9-23(17(3)11-22)31-27(33)25-18-5-6-19(12-18)26(25)28(31)34/h4,7-11,18-20,25-26H,5-6,12-14H2,1-3H3/t18-,19-,20+,25-,26-/m0/s1. The molecule has 4 aliphatic rings. The van der Waals surface area contributed by atoms with Gasteiger partial charge in [0.05, 0.1) is 23.4 Å². The number of anilines is 2. The summed E-state index contributed by atoms with van der Waals surface area (Å²) >= 11 is 0. The van der Waals surface area contributed by atoms with E-state index in [4.69, 9.17) is 4.74 Å². The molecule has 0 radical (unpaired) electrons. The molecule has 2 saturated carbocycles. The molecule has 2 aromatic rings. The molecule has 0 unspecified atom stereocenters. The van der Waals surface area contributed by atoms with Crippen molar-refractivity contribution >= 4 is 35.1 Å². The summed E-state index contributed by atoms with van der Waals surface area (Å²) in [7, 11) is 0. The second-order valence-electron chi connectivity index (χ2n) is 10.9. The van der Waals surface area contributed by atoms with E-state index < -0.39 is 11.9 Å². The smallest absolute Gasteiger partial charge is 0.316 e. The van der Waals surface area contributed by atoms with Crippen LogP contribution in [-0.4, -0.2) is 30.2 Å².